The SMILES string of the molecule is CCCCN1CCC(C(C)(C)C)CC1=O. The molecular formula is C13H25NO. The van der Waals surface area contributed by atoms with E-state index in [1.807, 2.05) is 4.90 Å². The molecule has 1 aliphatic rings. The molecule has 0 bridgehead atoms. The molecule has 0 saturated carbocycles. The van der Waals surface area contributed by atoms with Crippen LogP contribution in [-0.4, -0.2) is 23.9 Å². The summed E-state index contributed by atoms with van der Waals surface area (Å²) in [5.41, 5.74) is 0.284. The number of unbranched alkanes of at least 4 members (excludes halogenated alkanes) is 1. The zero-order valence-electron chi connectivity index (χ0n) is 10.7. The maximum absolute atomic E-state index is 11.9. The quantitative estimate of drug-likeness (QED) is 0.702. The van der Waals surface area contributed by atoms with Gasteiger partial charge in [-0.25, -0.2) is 0 Å². The zero-order valence-corrected chi connectivity index (χ0v) is 10.7. The van der Waals surface area contributed by atoms with Gasteiger partial charge in [0.1, 0.15) is 0 Å². The third-order valence-corrected chi connectivity index (χ3v) is 3.53. The van der Waals surface area contributed by atoms with Crippen molar-refractivity contribution >= 4 is 5.91 Å². The Morgan fingerprint density at radius 3 is 2.53 bits per heavy atom. The minimum absolute atomic E-state index is 0.284. The van der Waals surface area contributed by atoms with Gasteiger partial charge in [0, 0.05) is 19.5 Å². The van der Waals surface area contributed by atoms with E-state index in [1.165, 1.54) is 12.8 Å². The fourth-order valence-electron chi connectivity index (χ4n) is 2.20. The van der Waals surface area contributed by atoms with Gasteiger partial charge in [-0.1, -0.05) is 34.1 Å². The van der Waals surface area contributed by atoms with Gasteiger partial charge in [-0.2, -0.15) is 0 Å². The van der Waals surface area contributed by atoms with Crippen LogP contribution in [0, 0.1) is 11.3 Å². The van der Waals surface area contributed by atoms with E-state index in [2.05, 4.69) is 27.7 Å². The van der Waals surface area contributed by atoms with Crippen molar-refractivity contribution in [1.82, 2.24) is 4.90 Å². The van der Waals surface area contributed by atoms with E-state index in [0.29, 0.717) is 11.8 Å². The fourth-order valence-corrected chi connectivity index (χ4v) is 2.20. The molecule has 88 valence electrons. The molecule has 1 atom stereocenters. The van der Waals surface area contributed by atoms with Crippen molar-refractivity contribution in [2.75, 3.05) is 13.1 Å². The second-order valence-corrected chi connectivity index (χ2v) is 5.79. The molecule has 1 heterocycles. The molecule has 1 saturated heterocycles. The van der Waals surface area contributed by atoms with E-state index in [9.17, 15) is 4.79 Å². The number of hydrogen-bond donors (Lipinski definition) is 0. The van der Waals surface area contributed by atoms with Crippen molar-refractivity contribution < 1.29 is 4.79 Å². The number of carbonyl (C=O) groups excluding carboxylic acids is 1. The predicted octanol–water partition coefficient (Wildman–Crippen LogP) is 3.07. The Balaban J connectivity index is 2.45. The Morgan fingerprint density at radius 2 is 2.07 bits per heavy atom. The van der Waals surface area contributed by atoms with Gasteiger partial charge in [0.15, 0.2) is 0 Å². The molecule has 0 aromatic carbocycles. The summed E-state index contributed by atoms with van der Waals surface area (Å²) in [5.74, 6) is 0.942. The molecule has 1 fully saturated rings. The number of carbonyl (C=O) groups is 1. The normalized spacial score (nSPS) is 23.3. The van der Waals surface area contributed by atoms with E-state index >= 15 is 0 Å². The van der Waals surface area contributed by atoms with Crippen molar-refractivity contribution in [1.29, 1.82) is 0 Å². The highest BCUT2D eigenvalue weighted by atomic mass is 16.2. The molecule has 0 spiro atoms. The predicted molar refractivity (Wildman–Crippen MR) is 63.7 cm³/mol. The van der Waals surface area contributed by atoms with Crippen molar-refractivity contribution in [3.63, 3.8) is 0 Å². The number of piperidine rings is 1. The lowest BCUT2D eigenvalue weighted by molar-refractivity contribution is -0.136. The van der Waals surface area contributed by atoms with Gasteiger partial charge in [-0.15, -0.1) is 0 Å². The third kappa shape index (κ3) is 3.51. The molecule has 0 N–H and O–H groups in total. The molecule has 2 nitrogen and oxygen atoms in total. The van der Waals surface area contributed by atoms with Gasteiger partial charge < -0.3 is 4.90 Å². The first kappa shape index (κ1) is 12.5. The lowest BCUT2D eigenvalue weighted by Gasteiger charge is -2.38. The molecule has 0 aromatic rings. The Bertz CT molecular complexity index is 217. The summed E-state index contributed by atoms with van der Waals surface area (Å²) < 4.78 is 0. The summed E-state index contributed by atoms with van der Waals surface area (Å²) >= 11 is 0. The van der Waals surface area contributed by atoms with Crippen molar-refractivity contribution in [2.24, 2.45) is 11.3 Å². The average molecular weight is 211 g/mol. The summed E-state index contributed by atoms with van der Waals surface area (Å²) in [6.07, 6.45) is 4.25. The van der Waals surface area contributed by atoms with Gasteiger partial charge in [0.25, 0.3) is 0 Å². The highest BCUT2D eigenvalue weighted by molar-refractivity contribution is 5.77. The maximum atomic E-state index is 11.9. The number of nitrogens with zero attached hydrogens (tertiary/aromatic N) is 1. The lowest BCUT2D eigenvalue weighted by Crippen LogP contribution is -2.42. The van der Waals surface area contributed by atoms with Crippen LogP contribution in [0.15, 0.2) is 0 Å². The second-order valence-electron chi connectivity index (χ2n) is 5.79. The molecule has 1 amide bonds. The Morgan fingerprint density at radius 1 is 1.40 bits per heavy atom. The summed E-state index contributed by atoms with van der Waals surface area (Å²) in [4.78, 5) is 13.9. The van der Waals surface area contributed by atoms with Crippen LogP contribution in [0.3, 0.4) is 0 Å². The van der Waals surface area contributed by atoms with Gasteiger partial charge in [-0.05, 0) is 24.2 Å². The second kappa shape index (κ2) is 5.00. The maximum Gasteiger partial charge on any atom is 0.222 e. The van der Waals surface area contributed by atoms with Gasteiger partial charge >= 0.3 is 0 Å². The molecule has 0 aromatic heterocycles. The highest BCUT2D eigenvalue weighted by Crippen LogP contribution is 2.34. The van der Waals surface area contributed by atoms with Gasteiger partial charge in [0.05, 0.1) is 0 Å². The Kier molecular flexibility index (Phi) is 4.18. The van der Waals surface area contributed by atoms with Gasteiger partial charge in [0.2, 0.25) is 5.91 Å². The van der Waals surface area contributed by atoms with Crippen LogP contribution in [0.5, 0.6) is 0 Å². The number of likely N-dealkylation sites (tertiary alicyclic amines) is 1. The molecule has 2 heteroatoms. The van der Waals surface area contributed by atoms with Crippen LogP contribution in [0.1, 0.15) is 53.4 Å². The molecule has 15 heavy (non-hydrogen) atoms. The molecular weight excluding hydrogens is 186 g/mol. The summed E-state index contributed by atoms with van der Waals surface area (Å²) in [7, 11) is 0. The molecule has 1 unspecified atom stereocenters. The average Bonchev–Trinajstić information content (AvgIpc) is 2.14. The standard InChI is InChI=1S/C13H25NO/c1-5-6-8-14-9-7-11(10-12(14)15)13(2,3)4/h11H,5-10H2,1-4H3. The zero-order chi connectivity index (χ0) is 11.5. The molecule has 1 rings (SSSR count). The Labute approximate surface area is 94.0 Å². The first-order valence-corrected chi connectivity index (χ1v) is 6.23. The topological polar surface area (TPSA) is 20.3 Å². The summed E-state index contributed by atoms with van der Waals surface area (Å²) in [5, 5.41) is 0. The highest BCUT2D eigenvalue weighted by Gasteiger charge is 2.32. The minimum atomic E-state index is 0.284. The van der Waals surface area contributed by atoms with E-state index < -0.39 is 0 Å². The summed E-state index contributed by atoms with van der Waals surface area (Å²) in [6.45, 7) is 10.8. The van der Waals surface area contributed by atoms with E-state index in [1.54, 1.807) is 0 Å². The third-order valence-electron chi connectivity index (χ3n) is 3.53. The van der Waals surface area contributed by atoms with Crippen molar-refractivity contribution in [3.8, 4) is 0 Å². The molecule has 0 aliphatic carbocycles. The number of rotatable bonds is 3. The van der Waals surface area contributed by atoms with Crippen LogP contribution in [-0.2, 0) is 4.79 Å². The first-order chi connectivity index (χ1) is 6.95. The Hall–Kier alpha value is -0.530. The fraction of sp³-hybridized carbons (Fsp3) is 0.923. The largest absolute Gasteiger partial charge is 0.343 e. The van der Waals surface area contributed by atoms with Crippen LogP contribution < -0.4 is 0 Å². The van der Waals surface area contributed by atoms with E-state index in [-0.39, 0.29) is 5.41 Å². The van der Waals surface area contributed by atoms with Gasteiger partial charge in [-0.3, -0.25) is 4.79 Å². The monoisotopic (exact) mass is 211 g/mol. The van der Waals surface area contributed by atoms with Crippen LogP contribution in [0.25, 0.3) is 0 Å². The van der Waals surface area contributed by atoms with Crippen molar-refractivity contribution in [2.45, 2.75) is 53.4 Å². The lowest BCUT2D eigenvalue weighted by atomic mass is 9.75. The van der Waals surface area contributed by atoms with Crippen molar-refractivity contribution in [3.05, 3.63) is 0 Å². The van der Waals surface area contributed by atoms with Crippen LogP contribution >= 0.6 is 0 Å². The van der Waals surface area contributed by atoms with E-state index in [0.717, 1.165) is 25.9 Å². The molecule has 1 aliphatic heterocycles. The first-order valence-electron chi connectivity index (χ1n) is 6.23. The summed E-state index contributed by atoms with van der Waals surface area (Å²) in [6, 6.07) is 0. The number of amides is 1. The minimum Gasteiger partial charge on any atom is -0.343 e. The smallest absolute Gasteiger partial charge is 0.222 e. The number of hydrogen-bond acceptors (Lipinski definition) is 1. The van der Waals surface area contributed by atoms with E-state index in [4.69, 9.17) is 0 Å². The molecule has 0 radical (unpaired) electrons. The van der Waals surface area contributed by atoms with Crippen LogP contribution in [0.2, 0.25) is 0 Å². The van der Waals surface area contributed by atoms with Crippen LogP contribution in [0.4, 0.5) is 0 Å².